The summed E-state index contributed by atoms with van der Waals surface area (Å²) in [6.45, 7) is 4.04. The van der Waals surface area contributed by atoms with Crippen molar-refractivity contribution in [2.75, 3.05) is 6.54 Å². The average molecular weight is 308 g/mol. The van der Waals surface area contributed by atoms with Crippen LogP contribution in [0.5, 0.6) is 5.75 Å². The van der Waals surface area contributed by atoms with E-state index in [1.54, 1.807) is 0 Å². The number of Topliss-reactive ketones (excluding diaryl/α,β-unsaturated/α-hetero) is 1. The molecule has 3 N–H and O–H groups in total. The summed E-state index contributed by atoms with van der Waals surface area (Å²) in [6, 6.07) is 2.45. The van der Waals surface area contributed by atoms with Crippen LogP contribution in [-0.2, 0) is 11.3 Å². The van der Waals surface area contributed by atoms with Gasteiger partial charge in [-0.25, -0.2) is 4.39 Å². The molecule has 1 saturated heterocycles. The van der Waals surface area contributed by atoms with Gasteiger partial charge in [-0.05, 0) is 38.8 Å². The molecule has 6 heteroatoms. The van der Waals surface area contributed by atoms with Crippen LogP contribution in [0.15, 0.2) is 12.1 Å². The Hall–Kier alpha value is -1.95. The fourth-order valence-corrected chi connectivity index (χ4v) is 2.90. The summed E-state index contributed by atoms with van der Waals surface area (Å²) >= 11 is 0. The molecular weight excluding hydrogens is 287 g/mol. The quantitative estimate of drug-likeness (QED) is 0.831. The largest absolute Gasteiger partial charge is 0.507 e. The number of primary amides is 1. The summed E-state index contributed by atoms with van der Waals surface area (Å²) in [6.07, 6.45) is 1.55. The summed E-state index contributed by atoms with van der Waals surface area (Å²) < 4.78 is 13.7. The van der Waals surface area contributed by atoms with Gasteiger partial charge < -0.3 is 10.8 Å². The molecule has 1 aliphatic rings. The van der Waals surface area contributed by atoms with E-state index in [1.807, 2.05) is 11.8 Å². The van der Waals surface area contributed by atoms with Crippen molar-refractivity contribution in [3.05, 3.63) is 29.1 Å². The molecular formula is C16H21FN2O3. The van der Waals surface area contributed by atoms with E-state index in [1.165, 1.54) is 13.0 Å². The molecule has 0 aromatic heterocycles. The average Bonchev–Trinajstić information content (AvgIpc) is 2.44. The van der Waals surface area contributed by atoms with Crippen LogP contribution in [0, 0.1) is 11.7 Å². The van der Waals surface area contributed by atoms with Crippen LogP contribution >= 0.6 is 0 Å². The van der Waals surface area contributed by atoms with Gasteiger partial charge in [-0.1, -0.05) is 0 Å². The molecule has 0 radical (unpaired) electrons. The molecule has 5 nitrogen and oxygen atoms in total. The van der Waals surface area contributed by atoms with Crippen molar-refractivity contribution in [3.63, 3.8) is 0 Å². The first kappa shape index (κ1) is 16.4. The van der Waals surface area contributed by atoms with Gasteiger partial charge in [0, 0.05) is 24.7 Å². The minimum atomic E-state index is -0.561. The van der Waals surface area contributed by atoms with Gasteiger partial charge in [0.25, 0.3) is 0 Å². The van der Waals surface area contributed by atoms with Crippen molar-refractivity contribution >= 4 is 11.7 Å². The van der Waals surface area contributed by atoms with Crippen LogP contribution in [0.4, 0.5) is 4.39 Å². The zero-order chi connectivity index (χ0) is 16.4. The smallest absolute Gasteiger partial charge is 0.221 e. The third-order valence-corrected chi connectivity index (χ3v) is 4.32. The van der Waals surface area contributed by atoms with E-state index in [0.29, 0.717) is 12.1 Å². The number of nitrogens with zero attached hydrogens (tertiary/aromatic N) is 1. The topological polar surface area (TPSA) is 83.6 Å². The fraction of sp³-hybridized carbons (Fsp3) is 0.500. The Balaban J connectivity index is 2.25. The number of likely N-dealkylation sites (tertiary alicyclic amines) is 1. The van der Waals surface area contributed by atoms with Gasteiger partial charge in [0.05, 0.1) is 11.5 Å². The number of rotatable bonds is 4. The van der Waals surface area contributed by atoms with Crippen molar-refractivity contribution < 1.29 is 19.1 Å². The molecule has 1 aliphatic heterocycles. The van der Waals surface area contributed by atoms with Crippen LogP contribution in [0.25, 0.3) is 0 Å². The number of ketones is 1. The molecule has 2 rings (SSSR count). The number of hydrogen-bond acceptors (Lipinski definition) is 4. The standard InChI is InChI=1S/C16H21FN2O3/c1-9-3-4-11(16(18)22)7-19(9)8-12-5-13(17)6-14(10(2)20)15(12)21/h5-6,9,11,21H,3-4,7-8H2,1-2H3,(H2,18,22)/t9-,11-/m0/s1. The highest BCUT2D eigenvalue weighted by Crippen LogP contribution is 2.29. The Morgan fingerprint density at radius 2 is 2.09 bits per heavy atom. The first-order chi connectivity index (χ1) is 10.3. The van der Waals surface area contributed by atoms with E-state index in [4.69, 9.17) is 5.73 Å². The van der Waals surface area contributed by atoms with Crippen molar-refractivity contribution in [1.29, 1.82) is 0 Å². The van der Waals surface area contributed by atoms with E-state index in [9.17, 15) is 19.1 Å². The number of aromatic hydroxyl groups is 1. The molecule has 2 atom stereocenters. The maximum atomic E-state index is 13.7. The van der Waals surface area contributed by atoms with Gasteiger partial charge in [0.2, 0.25) is 5.91 Å². The lowest BCUT2D eigenvalue weighted by molar-refractivity contribution is -0.124. The van der Waals surface area contributed by atoms with Gasteiger partial charge in [-0.3, -0.25) is 14.5 Å². The van der Waals surface area contributed by atoms with Crippen molar-refractivity contribution in [2.24, 2.45) is 11.7 Å². The minimum absolute atomic E-state index is 0.0221. The molecule has 1 heterocycles. The summed E-state index contributed by atoms with van der Waals surface area (Å²) in [5.41, 5.74) is 5.69. The van der Waals surface area contributed by atoms with Crippen molar-refractivity contribution in [3.8, 4) is 5.75 Å². The van der Waals surface area contributed by atoms with Crippen molar-refractivity contribution in [2.45, 2.75) is 39.3 Å². The number of halogens is 1. The maximum absolute atomic E-state index is 13.7. The molecule has 1 aromatic rings. The number of piperidine rings is 1. The molecule has 0 spiro atoms. The SMILES string of the molecule is CC(=O)c1cc(F)cc(CN2C[C@@H](C(N)=O)CC[C@@H]2C)c1O. The molecule has 1 amide bonds. The Morgan fingerprint density at radius 3 is 2.68 bits per heavy atom. The number of hydrogen-bond donors (Lipinski definition) is 2. The monoisotopic (exact) mass is 308 g/mol. The molecule has 120 valence electrons. The second-order valence-electron chi connectivity index (χ2n) is 5.97. The second-order valence-corrected chi connectivity index (χ2v) is 5.97. The van der Waals surface area contributed by atoms with Crippen LogP contribution in [-0.4, -0.2) is 34.3 Å². The lowest BCUT2D eigenvalue weighted by atomic mass is 9.92. The van der Waals surface area contributed by atoms with Gasteiger partial charge in [0.1, 0.15) is 11.6 Å². The van der Waals surface area contributed by atoms with Gasteiger partial charge in [-0.2, -0.15) is 0 Å². The number of nitrogens with two attached hydrogens (primary N) is 1. The Labute approximate surface area is 128 Å². The number of amides is 1. The van der Waals surface area contributed by atoms with E-state index < -0.39 is 5.82 Å². The van der Waals surface area contributed by atoms with E-state index >= 15 is 0 Å². The van der Waals surface area contributed by atoms with Gasteiger partial charge >= 0.3 is 0 Å². The summed E-state index contributed by atoms with van der Waals surface area (Å²) in [5, 5.41) is 10.2. The van der Waals surface area contributed by atoms with Crippen LogP contribution in [0.2, 0.25) is 0 Å². The van der Waals surface area contributed by atoms with Gasteiger partial charge in [-0.15, -0.1) is 0 Å². The molecule has 0 unspecified atom stereocenters. The van der Waals surface area contributed by atoms with E-state index in [0.717, 1.165) is 18.9 Å². The highest BCUT2D eigenvalue weighted by Gasteiger charge is 2.29. The predicted molar refractivity (Wildman–Crippen MR) is 79.9 cm³/mol. The first-order valence-corrected chi connectivity index (χ1v) is 7.35. The maximum Gasteiger partial charge on any atom is 0.221 e. The highest BCUT2D eigenvalue weighted by atomic mass is 19.1. The van der Waals surface area contributed by atoms with Crippen LogP contribution in [0.1, 0.15) is 42.6 Å². The van der Waals surface area contributed by atoms with E-state index in [-0.39, 0.29) is 41.5 Å². The number of phenols is 1. The van der Waals surface area contributed by atoms with Crippen LogP contribution < -0.4 is 5.73 Å². The zero-order valence-electron chi connectivity index (χ0n) is 12.8. The van der Waals surface area contributed by atoms with Gasteiger partial charge in [0.15, 0.2) is 5.78 Å². The lowest BCUT2D eigenvalue weighted by Gasteiger charge is -2.37. The van der Waals surface area contributed by atoms with Crippen molar-refractivity contribution in [1.82, 2.24) is 4.90 Å². The summed E-state index contributed by atoms with van der Waals surface area (Å²) in [5.74, 6) is -1.72. The molecule has 22 heavy (non-hydrogen) atoms. The molecule has 0 saturated carbocycles. The Kier molecular flexibility index (Phi) is 4.81. The minimum Gasteiger partial charge on any atom is -0.507 e. The third-order valence-electron chi connectivity index (χ3n) is 4.32. The highest BCUT2D eigenvalue weighted by molar-refractivity contribution is 5.97. The predicted octanol–water partition coefficient (Wildman–Crippen LogP) is 1.82. The molecule has 0 bridgehead atoms. The number of phenolic OH excluding ortho intramolecular Hbond substituents is 1. The Bertz CT molecular complexity index is 603. The summed E-state index contributed by atoms with van der Waals surface area (Å²) in [7, 11) is 0. The number of carbonyl (C=O) groups is 2. The zero-order valence-corrected chi connectivity index (χ0v) is 12.8. The normalized spacial score (nSPS) is 22.5. The lowest BCUT2D eigenvalue weighted by Crippen LogP contribution is -2.45. The fourth-order valence-electron chi connectivity index (χ4n) is 2.90. The Morgan fingerprint density at radius 1 is 1.41 bits per heavy atom. The van der Waals surface area contributed by atoms with E-state index in [2.05, 4.69) is 0 Å². The second kappa shape index (κ2) is 6.44. The molecule has 1 fully saturated rings. The van der Waals surface area contributed by atoms with Crippen LogP contribution in [0.3, 0.4) is 0 Å². The third kappa shape index (κ3) is 3.44. The number of benzene rings is 1. The summed E-state index contributed by atoms with van der Waals surface area (Å²) in [4.78, 5) is 24.8. The number of carbonyl (C=O) groups excluding carboxylic acids is 2. The molecule has 0 aliphatic carbocycles. The first-order valence-electron chi connectivity index (χ1n) is 7.35. The molecule has 1 aromatic carbocycles.